The molecule has 3 rings (SSSR count). The molecule has 0 saturated carbocycles. The minimum Gasteiger partial charge on any atom is -0.376 e. The molecule has 1 aliphatic rings. The molecule has 0 bridgehead atoms. The first-order valence-corrected chi connectivity index (χ1v) is 7.36. The summed E-state index contributed by atoms with van der Waals surface area (Å²) < 4.78 is 6.96. The molecule has 1 atom stereocenters. The molecule has 96 valence electrons. The van der Waals surface area contributed by atoms with Crippen LogP contribution in [-0.2, 0) is 4.74 Å². The summed E-state index contributed by atoms with van der Waals surface area (Å²) >= 11 is 1.72. The maximum atomic E-state index is 5.71. The lowest BCUT2D eigenvalue weighted by molar-refractivity contribution is 0.0247. The number of hydrogen-bond acceptors (Lipinski definition) is 4. The first kappa shape index (κ1) is 11.9. The Morgan fingerprint density at radius 1 is 1.44 bits per heavy atom. The SMILES string of the molecule is Cc1cccc2sc(NCC3CCCCO3)nc12. The van der Waals surface area contributed by atoms with Gasteiger partial charge in [0.25, 0.3) is 0 Å². The summed E-state index contributed by atoms with van der Waals surface area (Å²) in [4.78, 5) is 4.65. The Balaban J connectivity index is 1.69. The summed E-state index contributed by atoms with van der Waals surface area (Å²) in [7, 11) is 0. The van der Waals surface area contributed by atoms with Crippen LogP contribution in [0.3, 0.4) is 0 Å². The van der Waals surface area contributed by atoms with Crippen molar-refractivity contribution in [3.8, 4) is 0 Å². The predicted molar refractivity (Wildman–Crippen MR) is 76.4 cm³/mol. The van der Waals surface area contributed by atoms with E-state index >= 15 is 0 Å². The largest absolute Gasteiger partial charge is 0.376 e. The van der Waals surface area contributed by atoms with Gasteiger partial charge in [0.05, 0.1) is 16.3 Å². The summed E-state index contributed by atoms with van der Waals surface area (Å²) in [6.07, 6.45) is 4.01. The van der Waals surface area contributed by atoms with Crippen molar-refractivity contribution in [2.45, 2.75) is 32.3 Å². The molecule has 1 unspecified atom stereocenters. The van der Waals surface area contributed by atoms with Crippen LogP contribution in [0.5, 0.6) is 0 Å². The van der Waals surface area contributed by atoms with E-state index in [1.165, 1.54) is 23.1 Å². The summed E-state index contributed by atoms with van der Waals surface area (Å²) in [5.41, 5.74) is 2.36. The van der Waals surface area contributed by atoms with Gasteiger partial charge in [0.1, 0.15) is 0 Å². The highest BCUT2D eigenvalue weighted by molar-refractivity contribution is 7.22. The number of nitrogens with zero attached hydrogens (tertiary/aromatic N) is 1. The van der Waals surface area contributed by atoms with Crippen LogP contribution in [0.1, 0.15) is 24.8 Å². The second kappa shape index (κ2) is 5.24. The third-order valence-electron chi connectivity index (χ3n) is 3.38. The van der Waals surface area contributed by atoms with Crippen molar-refractivity contribution >= 4 is 26.7 Å². The van der Waals surface area contributed by atoms with Crippen molar-refractivity contribution in [3.63, 3.8) is 0 Å². The molecule has 1 aromatic heterocycles. The van der Waals surface area contributed by atoms with E-state index in [0.717, 1.165) is 30.2 Å². The van der Waals surface area contributed by atoms with E-state index in [9.17, 15) is 0 Å². The van der Waals surface area contributed by atoms with E-state index in [0.29, 0.717) is 6.10 Å². The summed E-state index contributed by atoms with van der Waals surface area (Å²) in [6.45, 7) is 3.89. The molecule has 0 aliphatic carbocycles. The highest BCUT2D eigenvalue weighted by Crippen LogP contribution is 2.28. The van der Waals surface area contributed by atoms with Crippen LogP contribution >= 0.6 is 11.3 Å². The molecule has 1 fully saturated rings. The average Bonchev–Trinajstić information content (AvgIpc) is 2.82. The summed E-state index contributed by atoms with van der Waals surface area (Å²) in [5.74, 6) is 0. The Morgan fingerprint density at radius 2 is 2.39 bits per heavy atom. The zero-order valence-corrected chi connectivity index (χ0v) is 11.4. The molecule has 1 aromatic carbocycles. The van der Waals surface area contributed by atoms with Gasteiger partial charge < -0.3 is 10.1 Å². The van der Waals surface area contributed by atoms with E-state index in [-0.39, 0.29) is 0 Å². The lowest BCUT2D eigenvalue weighted by Gasteiger charge is -2.22. The van der Waals surface area contributed by atoms with Gasteiger partial charge >= 0.3 is 0 Å². The van der Waals surface area contributed by atoms with Gasteiger partial charge in [0.2, 0.25) is 0 Å². The molecule has 0 amide bonds. The number of hydrogen-bond donors (Lipinski definition) is 1. The molecule has 1 aliphatic heterocycles. The summed E-state index contributed by atoms with van der Waals surface area (Å²) in [5, 5.41) is 4.42. The quantitative estimate of drug-likeness (QED) is 0.918. The topological polar surface area (TPSA) is 34.1 Å². The Hall–Kier alpha value is -1.13. The van der Waals surface area contributed by atoms with Crippen LogP contribution in [-0.4, -0.2) is 24.2 Å². The number of aromatic nitrogens is 1. The van der Waals surface area contributed by atoms with E-state index in [2.05, 4.69) is 35.4 Å². The highest BCUT2D eigenvalue weighted by atomic mass is 32.1. The van der Waals surface area contributed by atoms with E-state index in [4.69, 9.17) is 4.74 Å². The maximum Gasteiger partial charge on any atom is 0.183 e. The number of aryl methyl sites for hydroxylation is 1. The molecule has 1 N–H and O–H groups in total. The van der Waals surface area contributed by atoms with E-state index in [1.54, 1.807) is 11.3 Å². The van der Waals surface area contributed by atoms with Crippen LogP contribution < -0.4 is 5.32 Å². The number of para-hydroxylation sites is 1. The van der Waals surface area contributed by atoms with Gasteiger partial charge in [-0.2, -0.15) is 0 Å². The Kier molecular flexibility index (Phi) is 3.48. The highest BCUT2D eigenvalue weighted by Gasteiger charge is 2.14. The van der Waals surface area contributed by atoms with Gasteiger partial charge in [-0.25, -0.2) is 4.98 Å². The zero-order chi connectivity index (χ0) is 12.4. The molecule has 18 heavy (non-hydrogen) atoms. The maximum absolute atomic E-state index is 5.71. The van der Waals surface area contributed by atoms with E-state index < -0.39 is 0 Å². The fraction of sp³-hybridized carbons (Fsp3) is 0.500. The van der Waals surface area contributed by atoms with Crippen LogP contribution in [0.15, 0.2) is 18.2 Å². The molecule has 1 saturated heterocycles. The number of thiazole rings is 1. The standard InChI is InChI=1S/C14H18N2OS/c1-10-5-4-7-12-13(10)16-14(18-12)15-9-11-6-2-3-8-17-11/h4-5,7,11H,2-3,6,8-9H2,1H3,(H,15,16). The molecular weight excluding hydrogens is 244 g/mol. The molecule has 4 heteroatoms. The Morgan fingerprint density at radius 3 is 3.17 bits per heavy atom. The zero-order valence-electron chi connectivity index (χ0n) is 10.6. The minimum absolute atomic E-state index is 0.354. The van der Waals surface area contributed by atoms with Gasteiger partial charge in [0.15, 0.2) is 5.13 Å². The van der Waals surface area contributed by atoms with Gasteiger partial charge in [-0.3, -0.25) is 0 Å². The van der Waals surface area contributed by atoms with Gasteiger partial charge in [0, 0.05) is 13.2 Å². The van der Waals surface area contributed by atoms with Crippen LogP contribution in [0, 0.1) is 6.92 Å². The monoisotopic (exact) mass is 262 g/mol. The lowest BCUT2D eigenvalue weighted by atomic mass is 10.1. The summed E-state index contributed by atoms with van der Waals surface area (Å²) in [6, 6.07) is 6.32. The van der Waals surface area contributed by atoms with Crippen LogP contribution in [0.25, 0.3) is 10.2 Å². The van der Waals surface area contributed by atoms with Crippen molar-refractivity contribution in [1.29, 1.82) is 0 Å². The number of benzene rings is 1. The first-order chi connectivity index (χ1) is 8.83. The molecule has 2 heterocycles. The van der Waals surface area contributed by atoms with Crippen molar-refractivity contribution in [1.82, 2.24) is 4.98 Å². The lowest BCUT2D eigenvalue weighted by Crippen LogP contribution is -2.26. The fourth-order valence-electron chi connectivity index (χ4n) is 2.33. The van der Waals surface area contributed by atoms with E-state index in [1.807, 2.05) is 0 Å². The smallest absolute Gasteiger partial charge is 0.183 e. The van der Waals surface area contributed by atoms with Crippen molar-refractivity contribution < 1.29 is 4.74 Å². The molecule has 0 radical (unpaired) electrons. The number of anilines is 1. The molecule has 0 spiro atoms. The van der Waals surface area contributed by atoms with Crippen LogP contribution in [0.4, 0.5) is 5.13 Å². The van der Waals surface area contributed by atoms with Gasteiger partial charge in [-0.05, 0) is 37.8 Å². The number of ether oxygens (including phenoxy) is 1. The average molecular weight is 262 g/mol. The Bertz CT molecular complexity index is 532. The first-order valence-electron chi connectivity index (χ1n) is 6.54. The van der Waals surface area contributed by atoms with Gasteiger partial charge in [-0.1, -0.05) is 23.5 Å². The Labute approximate surface area is 111 Å². The molecular formula is C14H18N2OS. The van der Waals surface area contributed by atoms with Crippen molar-refractivity contribution in [2.75, 3.05) is 18.5 Å². The number of fused-ring (bicyclic) bond motifs is 1. The normalized spacial score (nSPS) is 20.2. The predicted octanol–water partition coefficient (Wildman–Crippen LogP) is 3.59. The molecule has 2 aromatic rings. The number of rotatable bonds is 3. The third kappa shape index (κ3) is 2.49. The van der Waals surface area contributed by atoms with Crippen molar-refractivity contribution in [3.05, 3.63) is 23.8 Å². The van der Waals surface area contributed by atoms with Crippen LogP contribution in [0.2, 0.25) is 0 Å². The van der Waals surface area contributed by atoms with Gasteiger partial charge in [-0.15, -0.1) is 0 Å². The second-order valence-corrected chi connectivity index (χ2v) is 5.84. The van der Waals surface area contributed by atoms with Crippen molar-refractivity contribution in [2.24, 2.45) is 0 Å². The fourth-order valence-corrected chi connectivity index (χ4v) is 3.28. The number of nitrogens with one attached hydrogen (secondary N) is 1. The second-order valence-electron chi connectivity index (χ2n) is 4.81. The molecule has 3 nitrogen and oxygen atoms in total. The minimum atomic E-state index is 0.354. The third-order valence-corrected chi connectivity index (χ3v) is 4.35.